The second kappa shape index (κ2) is 4.82. The van der Waals surface area contributed by atoms with Crippen molar-refractivity contribution < 1.29 is 15.0 Å². The molecule has 0 saturated heterocycles. The highest BCUT2D eigenvalue weighted by atomic mass is 16.3. The molecule has 0 bridgehead atoms. The van der Waals surface area contributed by atoms with E-state index < -0.39 is 17.0 Å². The third-order valence-corrected chi connectivity index (χ3v) is 2.46. The van der Waals surface area contributed by atoms with Crippen molar-refractivity contribution in [2.24, 2.45) is 0 Å². The molecule has 0 aliphatic heterocycles. The number of hydrogen-bond donors (Lipinski definition) is 2. The molecule has 1 rings (SSSR count). The number of hydrogen-bond acceptors (Lipinski definition) is 3. The lowest BCUT2D eigenvalue weighted by atomic mass is 9.90. The molecule has 1 unspecified atom stereocenters. The Bertz CT molecular complexity index is 411. The predicted octanol–water partition coefficient (Wildman–Crippen LogP) is 1.79. The molecule has 0 amide bonds. The molecule has 1 aromatic carbocycles. The van der Waals surface area contributed by atoms with E-state index in [1.165, 1.54) is 19.1 Å². The summed E-state index contributed by atoms with van der Waals surface area (Å²) in [4.78, 5) is 11.9. The van der Waals surface area contributed by atoms with Crippen LogP contribution in [0.2, 0.25) is 0 Å². The van der Waals surface area contributed by atoms with Crippen LogP contribution in [0, 0.1) is 0 Å². The van der Waals surface area contributed by atoms with Gasteiger partial charge in [-0.05, 0) is 32.4 Å². The first kappa shape index (κ1) is 13.6. The number of ketones is 1. The molecule has 0 aliphatic carbocycles. The second-order valence-electron chi connectivity index (χ2n) is 4.79. The van der Waals surface area contributed by atoms with Crippen molar-refractivity contribution in [1.29, 1.82) is 0 Å². The summed E-state index contributed by atoms with van der Waals surface area (Å²) < 4.78 is 0. The third-order valence-electron chi connectivity index (χ3n) is 2.46. The summed E-state index contributed by atoms with van der Waals surface area (Å²) in [7, 11) is 0. The monoisotopic (exact) mass is 234 g/mol. The number of benzene rings is 1. The van der Waals surface area contributed by atoms with Crippen LogP contribution >= 0.6 is 0 Å². The Morgan fingerprint density at radius 2 is 1.65 bits per heavy atom. The van der Waals surface area contributed by atoms with Gasteiger partial charge < -0.3 is 10.2 Å². The molecular formula is C14H18O3. The normalized spacial score (nSPS) is 15.8. The maximum absolute atomic E-state index is 11.9. The summed E-state index contributed by atoms with van der Waals surface area (Å²) in [5.74, 6) is -0.453. The molecule has 3 heteroatoms. The minimum absolute atomic E-state index is 0.453. The number of aliphatic hydroxyl groups is 2. The van der Waals surface area contributed by atoms with Gasteiger partial charge in [-0.2, -0.15) is 0 Å². The maximum Gasteiger partial charge on any atom is 0.191 e. The van der Waals surface area contributed by atoms with Gasteiger partial charge in [-0.1, -0.05) is 36.4 Å². The van der Waals surface area contributed by atoms with Crippen molar-refractivity contribution in [2.45, 2.75) is 32.0 Å². The smallest absolute Gasteiger partial charge is 0.191 e. The molecule has 0 saturated carbocycles. The Morgan fingerprint density at radius 3 is 2.12 bits per heavy atom. The van der Waals surface area contributed by atoms with Crippen LogP contribution in [0.3, 0.4) is 0 Å². The van der Waals surface area contributed by atoms with Crippen LogP contribution in [0.5, 0.6) is 0 Å². The Hall–Kier alpha value is -1.45. The van der Waals surface area contributed by atoms with E-state index >= 15 is 0 Å². The summed E-state index contributed by atoms with van der Waals surface area (Å²) >= 11 is 0. The van der Waals surface area contributed by atoms with Gasteiger partial charge in [0.05, 0.1) is 5.60 Å². The van der Waals surface area contributed by atoms with Crippen molar-refractivity contribution in [3.8, 4) is 0 Å². The van der Waals surface area contributed by atoms with Gasteiger partial charge in [-0.25, -0.2) is 0 Å². The fraction of sp³-hybridized carbons (Fsp3) is 0.357. The molecule has 92 valence electrons. The van der Waals surface area contributed by atoms with Crippen molar-refractivity contribution in [3.63, 3.8) is 0 Å². The van der Waals surface area contributed by atoms with Crippen molar-refractivity contribution >= 4 is 5.78 Å². The quantitative estimate of drug-likeness (QED) is 0.781. The molecule has 17 heavy (non-hydrogen) atoms. The third kappa shape index (κ3) is 3.80. The summed E-state index contributed by atoms with van der Waals surface area (Å²) in [6.45, 7) is 4.57. The number of rotatable bonds is 4. The van der Waals surface area contributed by atoms with Crippen LogP contribution in [-0.2, 0) is 10.4 Å². The first-order valence-electron chi connectivity index (χ1n) is 5.47. The van der Waals surface area contributed by atoms with E-state index in [9.17, 15) is 15.0 Å². The first-order chi connectivity index (χ1) is 7.73. The van der Waals surface area contributed by atoms with E-state index in [2.05, 4.69) is 0 Å². The predicted molar refractivity (Wildman–Crippen MR) is 66.5 cm³/mol. The van der Waals surface area contributed by atoms with Crippen molar-refractivity contribution in [1.82, 2.24) is 0 Å². The highest BCUT2D eigenvalue weighted by Crippen LogP contribution is 2.22. The topological polar surface area (TPSA) is 57.5 Å². The summed E-state index contributed by atoms with van der Waals surface area (Å²) in [6.07, 6.45) is 2.58. The van der Waals surface area contributed by atoms with Crippen LogP contribution in [-0.4, -0.2) is 21.6 Å². The van der Waals surface area contributed by atoms with Crippen molar-refractivity contribution in [3.05, 3.63) is 48.0 Å². The Labute approximate surface area is 101 Å². The van der Waals surface area contributed by atoms with E-state index in [-0.39, 0.29) is 0 Å². The molecule has 3 nitrogen and oxygen atoms in total. The largest absolute Gasteiger partial charge is 0.386 e. The number of carbonyl (C=O) groups is 1. The second-order valence-corrected chi connectivity index (χ2v) is 4.79. The Morgan fingerprint density at radius 1 is 1.12 bits per heavy atom. The Balaban J connectivity index is 2.92. The lowest BCUT2D eigenvalue weighted by Gasteiger charge is -2.21. The van der Waals surface area contributed by atoms with Gasteiger partial charge in [0.25, 0.3) is 0 Å². The number of carbonyl (C=O) groups excluding carboxylic acids is 1. The highest BCUT2D eigenvalue weighted by molar-refractivity contribution is 5.97. The van der Waals surface area contributed by atoms with Gasteiger partial charge in [-0.15, -0.1) is 0 Å². The van der Waals surface area contributed by atoms with Gasteiger partial charge in [0.2, 0.25) is 0 Å². The van der Waals surface area contributed by atoms with Crippen molar-refractivity contribution in [2.75, 3.05) is 0 Å². The van der Waals surface area contributed by atoms with Gasteiger partial charge in [0, 0.05) is 0 Å². The standard InChI is InChI=1S/C14H18O3/c1-13(2,16)10-9-12(15)14(3,17)11-7-5-4-6-8-11/h4-10,16-17H,1-3H3/b10-9+. The molecule has 0 radical (unpaired) electrons. The molecule has 0 heterocycles. The van der Waals surface area contributed by atoms with Crippen LogP contribution < -0.4 is 0 Å². The van der Waals surface area contributed by atoms with Crippen LogP contribution in [0.1, 0.15) is 26.3 Å². The zero-order chi connectivity index (χ0) is 13.1. The molecule has 0 spiro atoms. The summed E-state index contributed by atoms with van der Waals surface area (Å²) in [5.41, 5.74) is -2.10. The minimum Gasteiger partial charge on any atom is -0.386 e. The average Bonchev–Trinajstić information content (AvgIpc) is 2.26. The molecule has 0 fully saturated rings. The van der Waals surface area contributed by atoms with Gasteiger partial charge in [0.15, 0.2) is 5.78 Å². The van der Waals surface area contributed by atoms with Gasteiger partial charge in [0.1, 0.15) is 5.60 Å². The molecule has 0 aliphatic rings. The van der Waals surface area contributed by atoms with Crippen LogP contribution in [0.4, 0.5) is 0 Å². The molecule has 2 N–H and O–H groups in total. The van der Waals surface area contributed by atoms with E-state index in [4.69, 9.17) is 0 Å². The molecule has 1 aromatic rings. The summed E-state index contributed by atoms with van der Waals surface area (Å²) in [6, 6.07) is 8.72. The Kier molecular flexibility index (Phi) is 3.86. The fourth-order valence-corrected chi connectivity index (χ4v) is 1.35. The van der Waals surface area contributed by atoms with Gasteiger partial charge >= 0.3 is 0 Å². The zero-order valence-corrected chi connectivity index (χ0v) is 10.3. The molecule has 1 atom stereocenters. The highest BCUT2D eigenvalue weighted by Gasteiger charge is 2.30. The van der Waals surface area contributed by atoms with E-state index in [0.29, 0.717) is 5.56 Å². The van der Waals surface area contributed by atoms with Crippen LogP contribution in [0.15, 0.2) is 42.5 Å². The van der Waals surface area contributed by atoms with Crippen LogP contribution in [0.25, 0.3) is 0 Å². The first-order valence-corrected chi connectivity index (χ1v) is 5.47. The van der Waals surface area contributed by atoms with Gasteiger partial charge in [-0.3, -0.25) is 4.79 Å². The lowest BCUT2D eigenvalue weighted by molar-refractivity contribution is -0.131. The minimum atomic E-state index is -1.57. The maximum atomic E-state index is 11.9. The SMILES string of the molecule is CC(C)(O)/C=C/C(=O)C(C)(O)c1ccccc1. The molecule has 0 aromatic heterocycles. The summed E-state index contributed by atoms with van der Waals surface area (Å²) in [5, 5.41) is 19.7. The zero-order valence-electron chi connectivity index (χ0n) is 10.3. The lowest BCUT2D eigenvalue weighted by Crippen LogP contribution is -2.31. The fourth-order valence-electron chi connectivity index (χ4n) is 1.35. The van der Waals surface area contributed by atoms with E-state index in [1.54, 1.807) is 38.1 Å². The average molecular weight is 234 g/mol. The molecular weight excluding hydrogens is 216 g/mol. The van der Waals surface area contributed by atoms with E-state index in [1.807, 2.05) is 6.07 Å². The van der Waals surface area contributed by atoms with E-state index in [0.717, 1.165) is 0 Å².